The van der Waals surface area contributed by atoms with E-state index in [1.165, 1.54) is 0 Å². The van der Waals surface area contributed by atoms with Gasteiger partial charge in [-0.25, -0.2) is 4.79 Å². The third kappa shape index (κ3) is 2.84. The zero-order valence-electron chi connectivity index (χ0n) is 8.56. The van der Waals surface area contributed by atoms with Crippen molar-refractivity contribution in [2.75, 3.05) is 5.32 Å². The van der Waals surface area contributed by atoms with Crippen molar-refractivity contribution in [1.82, 2.24) is 20.3 Å². The molecule has 86 valence electrons. The highest BCUT2D eigenvalue weighted by atomic mass is 16.4. The summed E-state index contributed by atoms with van der Waals surface area (Å²) in [4.78, 5) is 11.3. The number of nitrogens with one attached hydrogen (secondary N) is 1. The predicted molar refractivity (Wildman–Crippen MR) is 59.1 cm³/mol. The lowest BCUT2D eigenvalue weighted by molar-refractivity contribution is -0.128. The number of rotatable bonds is 4. The number of tetrazole rings is 1. The van der Waals surface area contributed by atoms with E-state index in [0.717, 1.165) is 10.5 Å². The molecule has 0 aliphatic heterocycles. The fourth-order valence-electron chi connectivity index (χ4n) is 1.09. The Kier molecular flexibility index (Phi) is 3.05. The van der Waals surface area contributed by atoms with Gasteiger partial charge in [-0.2, -0.15) is 0 Å². The maximum atomic E-state index is 10.3. The van der Waals surface area contributed by atoms with Gasteiger partial charge in [0.15, 0.2) is 0 Å². The molecule has 0 unspecified atom stereocenters. The van der Waals surface area contributed by atoms with Gasteiger partial charge in [0, 0.05) is 5.69 Å². The molecule has 1 heterocycles. The van der Waals surface area contributed by atoms with Gasteiger partial charge in [-0.05, 0) is 22.6 Å². The Labute approximate surface area is 95.6 Å². The van der Waals surface area contributed by atoms with E-state index in [1.54, 1.807) is 0 Å². The summed E-state index contributed by atoms with van der Waals surface area (Å²) in [7, 11) is 0. The maximum Gasteiger partial charge on any atom is 0.348 e. The molecule has 0 amide bonds. The fourth-order valence-corrected chi connectivity index (χ4v) is 1.09. The third-order valence-corrected chi connectivity index (χ3v) is 1.76. The van der Waals surface area contributed by atoms with Crippen molar-refractivity contribution < 1.29 is 9.90 Å². The molecule has 0 spiro atoms. The van der Waals surface area contributed by atoms with Crippen LogP contribution in [-0.2, 0) is 4.79 Å². The van der Waals surface area contributed by atoms with Crippen molar-refractivity contribution in [2.24, 2.45) is 5.10 Å². The third-order valence-electron chi connectivity index (χ3n) is 1.76. The Balaban J connectivity index is 2.17. The van der Waals surface area contributed by atoms with E-state index in [0.29, 0.717) is 6.21 Å². The van der Waals surface area contributed by atoms with Crippen LogP contribution in [0.4, 0.5) is 11.6 Å². The van der Waals surface area contributed by atoms with E-state index >= 15 is 0 Å². The molecule has 0 saturated carbocycles. The van der Waals surface area contributed by atoms with Gasteiger partial charge in [-0.3, -0.25) is 0 Å². The van der Waals surface area contributed by atoms with Crippen molar-refractivity contribution in [1.29, 1.82) is 0 Å². The number of carbonyl (C=O) groups is 1. The molecular formula is C9H8N6O2. The Hall–Kier alpha value is -2.77. The lowest BCUT2D eigenvalue weighted by Gasteiger charge is -2.01. The molecule has 1 aromatic carbocycles. The summed E-state index contributed by atoms with van der Waals surface area (Å²) < 4.78 is 0. The van der Waals surface area contributed by atoms with Crippen LogP contribution in [0.3, 0.4) is 0 Å². The molecule has 2 N–H and O–H groups in total. The van der Waals surface area contributed by atoms with Gasteiger partial charge >= 0.3 is 5.97 Å². The summed E-state index contributed by atoms with van der Waals surface area (Å²) in [5, 5.41) is 25.5. The summed E-state index contributed by atoms with van der Waals surface area (Å²) >= 11 is 0. The maximum absolute atomic E-state index is 10.3. The number of hydrogen-bond donors (Lipinski definition) is 2. The number of para-hydroxylation sites is 1. The van der Waals surface area contributed by atoms with E-state index < -0.39 is 5.97 Å². The molecule has 2 aromatic rings. The molecule has 0 bridgehead atoms. The average Bonchev–Trinajstić information content (AvgIpc) is 2.75. The van der Waals surface area contributed by atoms with Gasteiger partial charge in [-0.1, -0.05) is 28.1 Å². The first kappa shape index (κ1) is 10.7. The van der Waals surface area contributed by atoms with Crippen molar-refractivity contribution >= 4 is 23.8 Å². The van der Waals surface area contributed by atoms with Crippen LogP contribution in [0.1, 0.15) is 0 Å². The molecule has 0 aliphatic rings. The second-order valence-corrected chi connectivity index (χ2v) is 2.97. The van der Waals surface area contributed by atoms with E-state index in [1.807, 2.05) is 30.3 Å². The Bertz CT molecular complexity index is 535. The summed E-state index contributed by atoms with van der Waals surface area (Å²) in [5.74, 6) is -0.945. The van der Waals surface area contributed by atoms with Crippen LogP contribution in [0.15, 0.2) is 35.4 Å². The summed E-state index contributed by atoms with van der Waals surface area (Å²) in [6, 6.07) is 9.20. The normalized spacial score (nSPS) is 10.6. The smallest absolute Gasteiger partial charge is 0.348 e. The number of anilines is 2. The van der Waals surface area contributed by atoms with Crippen molar-refractivity contribution in [2.45, 2.75) is 0 Å². The topological polar surface area (TPSA) is 105 Å². The number of hydrogen-bond acceptors (Lipinski definition) is 6. The zero-order valence-corrected chi connectivity index (χ0v) is 8.56. The minimum absolute atomic E-state index is 0.230. The number of aromatic nitrogens is 4. The van der Waals surface area contributed by atoms with E-state index in [-0.39, 0.29) is 5.95 Å². The highest BCUT2D eigenvalue weighted by Crippen LogP contribution is 2.11. The molecule has 0 saturated heterocycles. The molecule has 2 rings (SSSR count). The van der Waals surface area contributed by atoms with Crippen molar-refractivity contribution in [3.63, 3.8) is 0 Å². The van der Waals surface area contributed by atoms with Crippen LogP contribution in [0.5, 0.6) is 0 Å². The van der Waals surface area contributed by atoms with Gasteiger partial charge in [-0.15, -0.1) is 5.10 Å². The number of aliphatic carboxylic acids is 1. The minimum atomic E-state index is -1.17. The minimum Gasteiger partial charge on any atom is -0.477 e. The van der Waals surface area contributed by atoms with E-state index in [4.69, 9.17) is 5.11 Å². The quantitative estimate of drug-likeness (QED) is 0.736. The molecule has 0 radical (unpaired) electrons. The van der Waals surface area contributed by atoms with Gasteiger partial charge in [0.05, 0.1) is 0 Å². The number of carboxylic acids is 1. The monoisotopic (exact) mass is 232 g/mol. The molecular weight excluding hydrogens is 224 g/mol. The van der Waals surface area contributed by atoms with Gasteiger partial charge in [0.2, 0.25) is 0 Å². The number of benzene rings is 1. The number of carboxylic acid groups (broad SMARTS) is 1. The molecule has 0 fully saturated rings. The molecule has 8 nitrogen and oxygen atoms in total. The van der Waals surface area contributed by atoms with E-state index in [2.05, 4.69) is 25.9 Å². The Morgan fingerprint density at radius 3 is 2.88 bits per heavy atom. The van der Waals surface area contributed by atoms with Crippen LogP contribution in [-0.4, -0.2) is 37.6 Å². The molecule has 8 heteroatoms. The first-order valence-corrected chi connectivity index (χ1v) is 4.63. The first-order valence-electron chi connectivity index (χ1n) is 4.63. The highest BCUT2D eigenvalue weighted by molar-refractivity contribution is 6.21. The molecule has 0 aliphatic carbocycles. The van der Waals surface area contributed by atoms with E-state index in [9.17, 15) is 4.79 Å². The SMILES string of the molecule is O=C(O)C=Nn1nnnc1Nc1ccccc1. The molecule has 0 atom stereocenters. The largest absolute Gasteiger partial charge is 0.477 e. The summed E-state index contributed by atoms with van der Waals surface area (Å²) in [6.07, 6.45) is 0.701. The van der Waals surface area contributed by atoms with Gasteiger partial charge in [0.1, 0.15) is 6.21 Å². The van der Waals surface area contributed by atoms with Crippen LogP contribution in [0.25, 0.3) is 0 Å². The molecule has 1 aromatic heterocycles. The van der Waals surface area contributed by atoms with Crippen LogP contribution in [0, 0.1) is 0 Å². The Morgan fingerprint density at radius 1 is 1.41 bits per heavy atom. The van der Waals surface area contributed by atoms with Gasteiger partial charge in [0.25, 0.3) is 5.95 Å². The van der Waals surface area contributed by atoms with Crippen molar-refractivity contribution in [3.8, 4) is 0 Å². The Morgan fingerprint density at radius 2 is 2.18 bits per heavy atom. The van der Waals surface area contributed by atoms with Crippen molar-refractivity contribution in [3.05, 3.63) is 30.3 Å². The number of nitrogens with zero attached hydrogens (tertiary/aromatic N) is 5. The first-order chi connectivity index (χ1) is 8.25. The zero-order chi connectivity index (χ0) is 12.1. The summed E-state index contributed by atoms with van der Waals surface area (Å²) in [6.45, 7) is 0. The van der Waals surface area contributed by atoms with Gasteiger partial charge < -0.3 is 10.4 Å². The lowest BCUT2D eigenvalue weighted by Crippen LogP contribution is -2.03. The van der Waals surface area contributed by atoms with Crippen LogP contribution in [0.2, 0.25) is 0 Å². The second kappa shape index (κ2) is 4.84. The lowest BCUT2D eigenvalue weighted by atomic mass is 10.3. The van der Waals surface area contributed by atoms with Crippen LogP contribution >= 0.6 is 0 Å². The van der Waals surface area contributed by atoms with Crippen LogP contribution < -0.4 is 5.32 Å². The molecule has 17 heavy (non-hydrogen) atoms. The fraction of sp³-hybridized carbons (Fsp3) is 0. The highest BCUT2D eigenvalue weighted by Gasteiger charge is 2.04. The predicted octanol–water partition coefficient (Wildman–Crippen LogP) is 0.335. The summed E-state index contributed by atoms with van der Waals surface area (Å²) in [5.41, 5.74) is 0.772. The average molecular weight is 232 g/mol. The second-order valence-electron chi connectivity index (χ2n) is 2.97. The standard InChI is InChI=1S/C9H8N6O2/c16-8(17)6-10-15-9(12-13-14-15)11-7-4-2-1-3-5-7/h1-6H,(H,16,17)(H,11,12,14).